The highest BCUT2D eigenvalue weighted by Gasteiger charge is 2.26. The summed E-state index contributed by atoms with van der Waals surface area (Å²) in [5.41, 5.74) is 14.2. The molecule has 0 amide bonds. The smallest absolute Gasteiger partial charge is 0.135 e. The standard InChI is InChI=1S/C48H28O/c1-5-16-35-31(12-1)32-13-4-8-19-38(32)43-27-41-36-17-6-2-14-33(36)34-15-3-7-18-37(34)42(41)28-45(43)48-30(21-11-22-40(35)48)29-24-25-47-44(26-29)39-20-9-10-23-46(39)49-47/h1-28H. The van der Waals surface area contributed by atoms with Crippen LogP contribution in [0.15, 0.2) is 174 Å². The van der Waals surface area contributed by atoms with Gasteiger partial charge in [0.25, 0.3) is 0 Å². The molecule has 11 rings (SSSR count). The molecule has 1 aliphatic rings. The highest BCUT2D eigenvalue weighted by molar-refractivity contribution is 6.27. The molecule has 49 heavy (non-hydrogen) atoms. The van der Waals surface area contributed by atoms with E-state index in [1.807, 2.05) is 6.07 Å². The number of fused-ring (bicyclic) bond motifs is 17. The molecule has 0 saturated heterocycles. The fourth-order valence-electron chi connectivity index (χ4n) is 8.49. The fourth-order valence-corrected chi connectivity index (χ4v) is 8.49. The zero-order valence-corrected chi connectivity index (χ0v) is 26.6. The molecule has 0 fully saturated rings. The Balaban J connectivity index is 1.33. The van der Waals surface area contributed by atoms with Gasteiger partial charge < -0.3 is 4.42 Å². The summed E-state index contributed by atoms with van der Waals surface area (Å²) >= 11 is 0. The first-order valence-corrected chi connectivity index (χ1v) is 16.9. The molecule has 0 atom stereocenters. The molecule has 0 bridgehead atoms. The summed E-state index contributed by atoms with van der Waals surface area (Å²) < 4.78 is 6.26. The van der Waals surface area contributed by atoms with Gasteiger partial charge in [-0.3, -0.25) is 0 Å². The van der Waals surface area contributed by atoms with Crippen molar-refractivity contribution >= 4 is 54.3 Å². The third-order valence-corrected chi connectivity index (χ3v) is 10.6. The maximum absolute atomic E-state index is 6.26. The lowest BCUT2D eigenvalue weighted by atomic mass is 9.77. The van der Waals surface area contributed by atoms with Gasteiger partial charge in [0.15, 0.2) is 0 Å². The fraction of sp³-hybridized carbons (Fsp3) is 0. The first-order valence-electron chi connectivity index (χ1n) is 16.9. The van der Waals surface area contributed by atoms with Gasteiger partial charge in [-0.2, -0.15) is 0 Å². The van der Waals surface area contributed by atoms with E-state index in [2.05, 4.69) is 164 Å². The molecule has 0 spiro atoms. The van der Waals surface area contributed by atoms with Gasteiger partial charge in [0.1, 0.15) is 11.2 Å². The second-order valence-corrected chi connectivity index (χ2v) is 13.2. The van der Waals surface area contributed by atoms with E-state index in [9.17, 15) is 0 Å². The van der Waals surface area contributed by atoms with Crippen LogP contribution in [0.5, 0.6) is 0 Å². The Morgan fingerprint density at radius 1 is 0.245 bits per heavy atom. The summed E-state index contributed by atoms with van der Waals surface area (Å²) in [6, 6.07) is 62.4. The van der Waals surface area contributed by atoms with Gasteiger partial charge >= 0.3 is 0 Å². The van der Waals surface area contributed by atoms with Gasteiger partial charge in [-0.15, -0.1) is 0 Å². The predicted molar refractivity (Wildman–Crippen MR) is 207 cm³/mol. The van der Waals surface area contributed by atoms with E-state index in [0.29, 0.717) is 0 Å². The average molecular weight is 621 g/mol. The summed E-state index contributed by atoms with van der Waals surface area (Å²) in [6.07, 6.45) is 0. The maximum Gasteiger partial charge on any atom is 0.135 e. The largest absolute Gasteiger partial charge is 0.456 e. The van der Waals surface area contributed by atoms with Gasteiger partial charge in [0.2, 0.25) is 0 Å². The van der Waals surface area contributed by atoms with E-state index in [1.165, 1.54) is 88.0 Å². The van der Waals surface area contributed by atoms with Crippen molar-refractivity contribution in [1.82, 2.24) is 0 Å². The minimum absolute atomic E-state index is 0.910. The SMILES string of the molecule is c1ccc2c(c1)-c1ccccc1-c1cccc(-c3ccc4oc5ccccc5c4c3)c1-c1cc3c4ccccc4c4ccccc4c3cc1-2. The Hall–Kier alpha value is -6.44. The van der Waals surface area contributed by atoms with Crippen LogP contribution in [0, 0.1) is 0 Å². The molecule has 0 aliphatic heterocycles. The Kier molecular flexibility index (Phi) is 5.45. The number of para-hydroxylation sites is 1. The van der Waals surface area contributed by atoms with Gasteiger partial charge in [-0.05, 0) is 118 Å². The molecule has 1 nitrogen and oxygen atoms in total. The molecule has 1 aliphatic carbocycles. The quantitative estimate of drug-likeness (QED) is 0.166. The molecule has 10 aromatic rings. The molecule has 1 heteroatoms. The predicted octanol–water partition coefficient (Wildman–Crippen LogP) is 13.7. The molecule has 0 saturated carbocycles. The van der Waals surface area contributed by atoms with Crippen LogP contribution in [0.2, 0.25) is 0 Å². The molecule has 0 radical (unpaired) electrons. The number of benzene rings is 9. The highest BCUT2D eigenvalue weighted by Crippen LogP contribution is 2.52. The molecular formula is C48H28O. The van der Waals surface area contributed by atoms with E-state index in [0.717, 1.165) is 21.9 Å². The van der Waals surface area contributed by atoms with Crippen molar-refractivity contribution in [3.05, 3.63) is 170 Å². The Bertz CT molecular complexity index is 2990. The molecule has 0 N–H and O–H groups in total. The Labute approximate surface area is 283 Å². The lowest BCUT2D eigenvalue weighted by molar-refractivity contribution is 0.669. The van der Waals surface area contributed by atoms with Crippen molar-refractivity contribution in [2.45, 2.75) is 0 Å². The van der Waals surface area contributed by atoms with Gasteiger partial charge in [-0.25, -0.2) is 0 Å². The minimum Gasteiger partial charge on any atom is -0.456 e. The summed E-state index contributed by atoms with van der Waals surface area (Å²) in [7, 11) is 0. The summed E-state index contributed by atoms with van der Waals surface area (Å²) in [4.78, 5) is 0. The molecule has 1 aromatic heterocycles. The average Bonchev–Trinajstić information content (AvgIpc) is 3.55. The van der Waals surface area contributed by atoms with E-state index in [1.54, 1.807) is 0 Å². The summed E-state index contributed by atoms with van der Waals surface area (Å²) in [5.74, 6) is 0. The maximum atomic E-state index is 6.26. The molecule has 226 valence electrons. The van der Waals surface area contributed by atoms with Crippen molar-refractivity contribution in [3.8, 4) is 55.6 Å². The van der Waals surface area contributed by atoms with Gasteiger partial charge in [0.05, 0.1) is 0 Å². The number of hydrogen-bond donors (Lipinski definition) is 0. The van der Waals surface area contributed by atoms with E-state index >= 15 is 0 Å². The van der Waals surface area contributed by atoms with Crippen molar-refractivity contribution in [1.29, 1.82) is 0 Å². The lowest BCUT2D eigenvalue weighted by Crippen LogP contribution is -1.99. The number of furan rings is 1. The van der Waals surface area contributed by atoms with E-state index < -0.39 is 0 Å². The van der Waals surface area contributed by atoms with Gasteiger partial charge in [-0.1, -0.05) is 140 Å². The second kappa shape index (κ2) is 10.0. The number of hydrogen-bond acceptors (Lipinski definition) is 1. The second-order valence-electron chi connectivity index (χ2n) is 13.2. The molecular weight excluding hydrogens is 593 g/mol. The number of rotatable bonds is 1. The van der Waals surface area contributed by atoms with Crippen molar-refractivity contribution in [2.75, 3.05) is 0 Å². The van der Waals surface area contributed by atoms with Crippen LogP contribution < -0.4 is 0 Å². The van der Waals surface area contributed by atoms with Crippen LogP contribution in [-0.4, -0.2) is 0 Å². The molecule has 9 aromatic carbocycles. The minimum atomic E-state index is 0.910. The monoisotopic (exact) mass is 620 g/mol. The van der Waals surface area contributed by atoms with Crippen molar-refractivity contribution in [3.63, 3.8) is 0 Å². The summed E-state index contributed by atoms with van der Waals surface area (Å²) in [6.45, 7) is 0. The summed E-state index contributed by atoms with van der Waals surface area (Å²) in [5, 5.41) is 9.97. The van der Waals surface area contributed by atoms with Crippen LogP contribution in [0.3, 0.4) is 0 Å². The van der Waals surface area contributed by atoms with Crippen LogP contribution in [0.25, 0.3) is 110 Å². The lowest BCUT2D eigenvalue weighted by Gasteiger charge is -2.26. The van der Waals surface area contributed by atoms with Crippen LogP contribution in [0.4, 0.5) is 0 Å². The van der Waals surface area contributed by atoms with Crippen LogP contribution in [-0.2, 0) is 0 Å². The van der Waals surface area contributed by atoms with Crippen molar-refractivity contribution < 1.29 is 4.42 Å². The Morgan fingerprint density at radius 3 is 1.35 bits per heavy atom. The van der Waals surface area contributed by atoms with E-state index in [-0.39, 0.29) is 0 Å². The third-order valence-electron chi connectivity index (χ3n) is 10.6. The third kappa shape index (κ3) is 3.76. The van der Waals surface area contributed by atoms with Crippen LogP contribution in [0.1, 0.15) is 0 Å². The van der Waals surface area contributed by atoms with Gasteiger partial charge in [0, 0.05) is 10.8 Å². The first kappa shape index (κ1) is 26.6. The first-order chi connectivity index (χ1) is 24.3. The molecule has 1 heterocycles. The van der Waals surface area contributed by atoms with Crippen molar-refractivity contribution in [2.24, 2.45) is 0 Å². The highest BCUT2D eigenvalue weighted by atomic mass is 16.3. The topological polar surface area (TPSA) is 13.1 Å². The van der Waals surface area contributed by atoms with E-state index in [4.69, 9.17) is 4.42 Å². The zero-order chi connectivity index (χ0) is 32.1. The van der Waals surface area contributed by atoms with Crippen LogP contribution >= 0.6 is 0 Å². The normalized spacial score (nSPS) is 12.1. The molecule has 0 unspecified atom stereocenters. The Morgan fingerprint density at radius 2 is 0.694 bits per heavy atom. The zero-order valence-electron chi connectivity index (χ0n) is 26.6.